The largest absolute Gasteiger partial charge is 0.447 e. The van der Waals surface area contributed by atoms with Crippen LogP contribution >= 0.6 is 0 Å². The van der Waals surface area contributed by atoms with E-state index in [-0.39, 0.29) is 24.0 Å². The minimum atomic E-state index is -0.502. The highest BCUT2D eigenvalue weighted by Gasteiger charge is 2.39. The number of imide groups is 1. The fourth-order valence-corrected chi connectivity index (χ4v) is 3.06. The molecule has 1 atom stereocenters. The fourth-order valence-electron chi connectivity index (χ4n) is 3.06. The summed E-state index contributed by atoms with van der Waals surface area (Å²) < 4.78 is 5.11. The van der Waals surface area contributed by atoms with Gasteiger partial charge in [-0.1, -0.05) is 57.5 Å². The molecule has 120 valence electrons. The van der Waals surface area contributed by atoms with Gasteiger partial charge in [-0.25, -0.2) is 9.69 Å². The molecule has 0 unspecified atom stereocenters. The number of carbonyl (C=O) groups is 2. The van der Waals surface area contributed by atoms with Crippen molar-refractivity contribution in [3.63, 3.8) is 0 Å². The number of amides is 2. The molecule has 1 aromatic rings. The quantitative estimate of drug-likeness (QED) is 0.803. The second kappa shape index (κ2) is 6.95. The standard InChI is InChI=1S/C18H25NO3/c1-4-10-18(2,3)12-16(20)19-15(13-22-17(19)21)11-14-8-6-5-7-9-14/h5-9,15H,4,10-13H2,1-3H3/t15-/m1/s1. The Balaban J connectivity index is 2.06. The Bertz CT molecular complexity index is 524. The molecule has 0 aromatic heterocycles. The van der Waals surface area contributed by atoms with Gasteiger partial charge in [-0.2, -0.15) is 0 Å². The summed E-state index contributed by atoms with van der Waals surface area (Å²) in [5.74, 6) is -0.123. The Hall–Kier alpha value is -1.84. The van der Waals surface area contributed by atoms with Crippen molar-refractivity contribution >= 4 is 12.0 Å². The number of carbonyl (C=O) groups excluding carboxylic acids is 2. The first kappa shape index (κ1) is 16.5. The van der Waals surface area contributed by atoms with Crippen LogP contribution in [-0.4, -0.2) is 29.5 Å². The number of benzene rings is 1. The SMILES string of the molecule is CCCC(C)(C)CC(=O)N1C(=O)OC[C@H]1Cc1ccccc1. The molecule has 0 bridgehead atoms. The van der Waals surface area contributed by atoms with Gasteiger partial charge in [0.15, 0.2) is 0 Å². The number of rotatable bonds is 6. The number of nitrogens with zero attached hydrogens (tertiary/aromatic N) is 1. The molecule has 0 N–H and O–H groups in total. The topological polar surface area (TPSA) is 46.6 Å². The molecule has 1 fully saturated rings. The van der Waals surface area contributed by atoms with E-state index >= 15 is 0 Å². The Kier molecular flexibility index (Phi) is 5.22. The molecular weight excluding hydrogens is 278 g/mol. The van der Waals surface area contributed by atoms with Gasteiger partial charge in [0.1, 0.15) is 6.61 Å². The van der Waals surface area contributed by atoms with Gasteiger partial charge >= 0.3 is 6.09 Å². The molecule has 1 saturated heterocycles. The van der Waals surface area contributed by atoms with Gasteiger partial charge in [0, 0.05) is 6.42 Å². The molecule has 1 aromatic carbocycles. The predicted molar refractivity (Wildman–Crippen MR) is 85.4 cm³/mol. The van der Waals surface area contributed by atoms with E-state index in [9.17, 15) is 9.59 Å². The molecule has 0 spiro atoms. The van der Waals surface area contributed by atoms with Gasteiger partial charge < -0.3 is 4.74 Å². The summed E-state index contributed by atoms with van der Waals surface area (Å²) in [4.78, 5) is 25.8. The van der Waals surface area contributed by atoms with Crippen LogP contribution in [0.1, 0.15) is 45.6 Å². The molecule has 22 heavy (non-hydrogen) atoms. The summed E-state index contributed by atoms with van der Waals surface area (Å²) in [6.45, 7) is 6.53. The molecule has 1 aliphatic heterocycles. The average molecular weight is 303 g/mol. The van der Waals surface area contributed by atoms with E-state index < -0.39 is 6.09 Å². The molecule has 0 radical (unpaired) electrons. The van der Waals surface area contributed by atoms with E-state index in [2.05, 4.69) is 20.8 Å². The third-order valence-corrected chi connectivity index (χ3v) is 4.10. The number of hydrogen-bond acceptors (Lipinski definition) is 3. The maximum atomic E-state index is 12.6. The first-order chi connectivity index (χ1) is 10.4. The van der Waals surface area contributed by atoms with Crippen molar-refractivity contribution in [1.82, 2.24) is 4.90 Å². The molecule has 1 heterocycles. The summed E-state index contributed by atoms with van der Waals surface area (Å²) in [5.41, 5.74) is 1.02. The summed E-state index contributed by atoms with van der Waals surface area (Å²) in [5, 5.41) is 0. The van der Waals surface area contributed by atoms with Crippen LogP contribution < -0.4 is 0 Å². The van der Waals surface area contributed by atoms with E-state index in [1.807, 2.05) is 30.3 Å². The van der Waals surface area contributed by atoms with E-state index in [4.69, 9.17) is 4.74 Å². The predicted octanol–water partition coefficient (Wildman–Crippen LogP) is 3.79. The molecule has 2 rings (SSSR count). The van der Waals surface area contributed by atoms with Crippen LogP contribution in [0.15, 0.2) is 30.3 Å². The van der Waals surface area contributed by atoms with E-state index in [0.717, 1.165) is 18.4 Å². The number of cyclic esters (lactones) is 1. The van der Waals surface area contributed by atoms with Crippen LogP contribution in [0.4, 0.5) is 4.79 Å². The highest BCUT2D eigenvalue weighted by molar-refractivity contribution is 5.93. The van der Waals surface area contributed by atoms with Crippen LogP contribution in [0, 0.1) is 5.41 Å². The lowest BCUT2D eigenvalue weighted by Gasteiger charge is -2.27. The van der Waals surface area contributed by atoms with Crippen molar-refractivity contribution < 1.29 is 14.3 Å². The van der Waals surface area contributed by atoms with Crippen molar-refractivity contribution in [1.29, 1.82) is 0 Å². The Morgan fingerprint density at radius 2 is 2.00 bits per heavy atom. The fraction of sp³-hybridized carbons (Fsp3) is 0.556. The third kappa shape index (κ3) is 4.09. The Morgan fingerprint density at radius 3 is 2.64 bits per heavy atom. The van der Waals surface area contributed by atoms with Crippen molar-refractivity contribution in [2.75, 3.05) is 6.61 Å². The van der Waals surface area contributed by atoms with Crippen LogP contribution in [0.25, 0.3) is 0 Å². The summed E-state index contributed by atoms with van der Waals surface area (Å²) in [6.07, 6.45) is 2.51. The zero-order valence-electron chi connectivity index (χ0n) is 13.7. The Labute approximate surface area is 132 Å². The lowest BCUT2D eigenvalue weighted by molar-refractivity contribution is -0.131. The van der Waals surface area contributed by atoms with Gasteiger partial charge in [0.2, 0.25) is 5.91 Å². The normalized spacial score (nSPS) is 18.4. The van der Waals surface area contributed by atoms with E-state index in [0.29, 0.717) is 12.8 Å². The third-order valence-electron chi connectivity index (χ3n) is 4.10. The molecule has 4 nitrogen and oxygen atoms in total. The molecular formula is C18H25NO3. The molecule has 0 aliphatic carbocycles. The molecule has 0 saturated carbocycles. The van der Waals surface area contributed by atoms with Crippen LogP contribution in [-0.2, 0) is 16.0 Å². The molecule has 4 heteroatoms. The summed E-state index contributed by atoms with van der Waals surface area (Å²) >= 11 is 0. The minimum Gasteiger partial charge on any atom is -0.447 e. The smallest absolute Gasteiger partial charge is 0.416 e. The van der Waals surface area contributed by atoms with Crippen LogP contribution in [0.3, 0.4) is 0 Å². The average Bonchev–Trinajstić information content (AvgIpc) is 2.80. The van der Waals surface area contributed by atoms with Crippen molar-refractivity contribution in [2.24, 2.45) is 5.41 Å². The summed E-state index contributed by atoms with van der Waals surface area (Å²) in [7, 11) is 0. The maximum absolute atomic E-state index is 12.6. The van der Waals surface area contributed by atoms with Crippen molar-refractivity contribution in [2.45, 2.75) is 52.5 Å². The zero-order chi connectivity index (χ0) is 16.2. The summed E-state index contributed by atoms with van der Waals surface area (Å²) in [6, 6.07) is 9.70. The van der Waals surface area contributed by atoms with Gasteiger partial charge in [-0.3, -0.25) is 4.79 Å². The number of ether oxygens (including phenoxy) is 1. The molecule has 2 amide bonds. The monoisotopic (exact) mass is 303 g/mol. The maximum Gasteiger partial charge on any atom is 0.416 e. The second-order valence-corrected chi connectivity index (χ2v) is 6.78. The van der Waals surface area contributed by atoms with Crippen LogP contribution in [0.5, 0.6) is 0 Å². The van der Waals surface area contributed by atoms with Gasteiger partial charge in [0.05, 0.1) is 6.04 Å². The van der Waals surface area contributed by atoms with Crippen molar-refractivity contribution in [3.05, 3.63) is 35.9 Å². The minimum absolute atomic E-state index is 0.0913. The van der Waals surface area contributed by atoms with Crippen LogP contribution in [0.2, 0.25) is 0 Å². The van der Waals surface area contributed by atoms with Gasteiger partial charge in [-0.05, 0) is 23.8 Å². The Morgan fingerprint density at radius 1 is 1.32 bits per heavy atom. The lowest BCUT2D eigenvalue weighted by Crippen LogP contribution is -2.41. The second-order valence-electron chi connectivity index (χ2n) is 6.78. The van der Waals surface area contributed by atoms with Gasteiger partial charge in [-0.15, -0.1) is 0 Å². The lowest BCUT2D eigenvalue weighted by atomic mass is 9.84. The first-order valence-corrected chi connectivity index (χ1v) is 7.95. The van der Waals surface area contributed by atoms with E-state index in [1.54, 1.807) is 0 Å². The molecule has 1 aliphatic rings. The van der Waals surface area contributed by atoms with E-state index in [1.165, 1.54) is 4.90 Å². The zero-order valence-corrected chi connectivity index (χ0v) is 13.7. The van der Waals surface area contributed by atoms with Crippen molar-refractivity contribution in [3.8, 4) is 0 Å². The highest BCUT2D eigenvalue weighted by Crippen LogP contribution is 2.29. The first-order valence-electron chi connectivity index (χ1n) is 7.95. The highest BCUT2D eigenvalue weighted by atomic mass is 16.6. The van der Waals surface area contributed by atoms with Gasteiger partial charge in [0.25, 0.3) is 0 Å². The number of hydrogen-bond donors (Lipinski definition) is 0.